The van der Waals surface area contributed by atoms with Gasteiger partial charge in [-0.15, -0.1) is 0 Å². The fraction of sp³-hybridized carbons (Fsp3) is 0.500. The number of hydrogen-bond acceptors (Lipinski definition) is 5. The Morgan fingerprint density at radius 2 is 2.39 bits per heavy atom. The fourth-order valence-electron chi connectivity index (χ4n) is 2.03. The van der Waals surface area contributed by atoms with Gasteiger partial charge >= 0.3 is 0 Å². The van der Waals surface area contributed by atoms with Crippen LogP contribution >= 0.6 is 0 Å². The summed E-state index contributed by atoms with van der Waals surface area (Å²) in [7, 11) is 0. The predicted molar refractivity (Wildman–Crippen MR) is 67.9 cm³/mol. The number of nitrogen functional groups attached to an aromatic ring is 1. The maximum atomic E-state index is 12.0. The number of anilines is 1. The number of aromatic nitrogens is 1. The Labute approximate surface area is 106 Å². The topological polar surface area (TPSA) is 89.3 Å². The highest BCUT2D eigenvalue weighted by molar-refractivity contribution is 5.99. The molecule has 18 heavy (non-hydrogen) atoms. The van der Waals surface area contributed by atoms with Crippen molar-refractivity contribution in [2.75, 3.05) is 12.0 Å². The average molecular weight is 250 g/mol. The molecule has 1 aromatic heterocycles. The number of carbonyl (C=O) groups excluding carboxylic acids is 1. The zero-order valence-corrected chi connectivity index (χ0v) is 10.3. The summed E-state index contributed by atoms with van der Waals surface area (Å²) >= 11 is 0. The first kappa shape index (κ1) is 12.8. The van der Waals surface area contributed by atoms with Gasteiger partial charge in [0.25, 0.3) is 5.91 Å². The van der Waals surface area contributed by atoms with Crippen molar-refractivity contribution in [2.45, 2.75) is 31.9 Å². The standard InChI is InChI=1S/C12H18N4O2/c1-2-18-9-5-8(6-9)15-12(17)10-3-4-14-7-11(10)16-13/h3-4,7-9,16H,2,5-6,13H2,1H3,(H,15,17). The van der Waals surface area contributed by atoms with Crippen LogP contribution in [0.2, 0.25) is 0 Å². The van der Waals surface area contributed by atoms with Gasteiger partial charge in [-0.3, -0.25) is 15.6 Å². The SMILES string of the molecule is CCOC1CC(NC(=O)c2ccncc2NN)C1. The summed E-state index contributed by atoms with van der Waals surface area (Å²) in [5.41, 5.74) is 3.50. The molecule has 2 rings (SSSR count). The summed E-state index contributed by atoms with van der Waals surface area (Å²) in [5, 5.41) is 2.95. The molecule has 4 N–H and O–H groups in total. The molecule has 0 bridgehead atoms. The number of pyridine rings is 1. The van der Waals surface area contributed by atoms with Crippen molar-refractivity contribution in [1.82, 2.24) is 10.3 Å². The van der Waals surface area contributed by atoms with Crippen LogP contribution in [0.15, 0.2) is 18.5 Å². The second-order valence-corrected chi connectivity index (χ2v) is 4.28. The summed E-state index contributed by atoms with van der Waals surface area (Å²) in [6.45, 7) is 2.69. The number of hydrazine groups is 1. The molecule has 6 nitrogen and oxygen atoms in total. The maximum Gasteiger partial charge on any atom is 0.253 e. The van der Waals surface area contributed by atoms with Crippen LogP contribution < -0.4 is 16.6 Å². The normalized spacial score (nSPS) is 22.1. The predicted octanol–water partition coefficient (Wildman–Crippen LogP) is 0.665. The molecule has 1 amide bonds. The number of ether oxygens (including phenoxy) is 1. The molecule has 0 saturated heterocycles. The molecule has 0 radical (unpaired) electrons. The van der Waals surface area contributed by atoms with Gasteiger partial charge in [0.2, 0.25) is 0 Å². The number of amides is 1. The van der Waals surface area contributed by atoms with E-state index in [0.717, 1.165) is 19.4 Å². The first-order valence-electron chi connectivity index (χ1n) is 6.07. The summed E-state index contributed by atoms with van der Waals surface area (Å²) in [5.74, 6) is 5.20. The lowest BCUT2D eigenvalue weighted by molar-refractivity contribution is -0.00861. The fourth-order valence-corrected chi connectivity index (χ4v) is 2.03. The van der Waals surface area contributed by atoms with Crippen molar-refractivity contribution >= 4 is 11.6 Å². The van der Waals surface area contributed by atoms with Gasteiger partial charge < -0.3 is 15.5 Å². The van der Waals surface area contributed by atoms with Crippen molar-refractivity contribution in [3.63, 3.8) is 0 Å². The van der Waals surface area contributed by atoms with E-state index in [0.29, 0.717) is 11.3 Å². The highest BCUT2D eigenvalue weighted by atomic mass is 16.5. The third-order valence-corrected chi connectivity index (χ3v) is 3.05. The van der Waals surface area contributed by atoms with Crippen molar-refractivity contribution in [3.05, 3.63) is 24.0 Å². The van der Waals surface area contributed by atoms with Gasteiger partial charge in [-0.05, 0) is 25.8 Å². The summed E-state index contributed by atoms with van der Waals surface area (Å²) in [4.78, 5) is 15.9. The van der Waals surface area contributed by atoms with Crippen LogP contribution in [0.5, 0.6) is 0 Å². The average Bonchev–Trinajstić information content (AvgIpc) is 2.36. The van der Waals surface area contributed by atoms with Gasteiger partial charge in [0.1, 0.15) is 0 Å². The van der Waals surface area contributed by atoms with Gasteiger partial charge in [-0.25, -0.2) is 0 Å². The van der Waals surface area contributed by atoms with E-state index >= 15 is 0 Å². The molecule has 1 saturated carbocycles. The maximum absolute atomic E-state index is 12.0. The van der Waals surface area contributed by atoms with Gasteiger partial charge in [0.05, 0.1) is 23.6 Å². The molecule has 1 fully saturated rings. The summed E-state index contributed by atoms with van der Waals surface area (Å²) in [6.07, 6.45) is 5.12. The second-order valence-electron chi connectivity index (χ2n) is 4.28. The van der Waals surface area contributed by atoms with Crippen molar-refractivity contribution in [1.29, 1.82) is 0 Å². The Balaban J connectivity index is 1.89. The van der Waals surface area contributed by atoms with Crippen LogP contribution in [0.25, 0.3) is 0 Å². The molecule has 0 aliphatic heterocycles. The smallest absolute Gasteiger partial charge is 0.253 e. The minimum absolute atomic E-state index is 0.134. The quantitative estimate of drug-likeness (QED) is 0.528. The van der Waals surface area contributed by atoms with E-state index in [1.165, 1.54) is 6.20 Å². The van der Waals surface area contributed by atoms with Crippen LogP contribution in [0.3, 0.4) is 0 Å². The molecule has 6 heteroatoms. The second kappa shape index (κ2) is 5.79. The van der Waals surface area contributed by atoms with Gasteiger partial charge in [0, 0.05) is 18.8 Å². The number of rotatable bonds is 5. The minimum Gasteiger partial charge on any atom is -0.378 e. The number of nitrogens with zero attached hydrogens (tertiary/aromatic N) is 1. The zero-order chi connectivity index (χ0) is 13.0. The van der Waals surface area contributed by atoms with Crippen molar-refractivity contribution < 1.29 is 9.53 Å². The lowest BCUT2D eigenvalue weighted by Crippen LogP contribution is -2.48. The largest absolute Gasteiger partial charge is 0.378 e. The van der Waals surface area contributed by atoms with E-state index in [-0.39, 0.29) is 18.1 Å². The molecule has 1 heterocycles. The van der Waals surface area contributed by atoms with Crippen molar-refractivity contribution in [2.24, 2.45) is 5.84 Å². The van der Waals surface area contributed by atoms with Crippen LogP contribution in [0, 0.1) is 0 Å². The highest BCUT2D eigenvalue weighted by Gasteiger charge is 2.31. The molecule has 0 unspecified atom stereocenters. The molecule has 0 atom stereocenters. The van der Waals surface area contributed by atoms with E-state index in [9.17, 15) is 4.79 Å². The van der Waals surface area contributed by atoms with E-state index in [4.69, 9.17) is 10.6 Å². The molecular weight excluding hydrogens is 232 g/mol. The summed E-state index contributed by atoms with van der Waals surface area (Å²) in [6, 6.07) is 1.83. The van der Waals surface area contributed by atoms with Crippen LogP contribution in [-0.2, 0) is 4.74 Å². The molecule has 1 aliphatic rings. The third-order valence-electron chi connectivity index (χ3n) is 3.05. The van der Waals surface area contributed by atoms with Crippen LogP contribution in [0.1, 0.15) is 30.1 Å². The molecule has 0 aromatic carbocycles. The lowest BCUT2D eigenvalue weighted by Gasteiger charge is -2.35. The van der Waals surface area contributed by atoms with Crippen molar-refractivity contribution in [3.8, 4) is 0 Å². The molecule has 98 valence electrons. The van der Waals surface area contributed by atoms with Crippen LogP contribution in [0.4, 0.5) is 5.69 Å². The Hall–Kier alpha value is -1.66. The first-order valence-corrected chi connectivity index (χ1v) is 6.07. The van der Waals surface area contributed by atoms with Gasteiger partial charge in [-0.2, -0.15) is 0 Å². The van der Waals surface area contributed by atoms with Gasteiger partial charge in [-0.1, -0.05) is 0 Å². The van der Waals surface area contributed by atoms with E-state index in [1.807, 2.05) is 6.92 Å². The molecular formula is C12H18N4O2. The molecule has 1 aromatic rings. The van der Waals surface area contributed by atoms with E-state index in [2.05, 4.69) is 15.7 Å². The zero-order valence-electron chi connectivity index (χ0n) is 10.3. The van der Waals surface area contributed by atoms with Crippen LogP contribution in [-0.4, -0.2) is 29.6 Å². The summed E-state index contributed by atoms with van der Waals surface area (Å²) < 4.78 is 5.45. The number of carbonyl (C=O) groups is 1. The Kier molecular flexibility index (Phi) is 4.11. The Bertz CT molecular complexity index is 418. The Morgan fingerprint density at radius 3 is 3.06 bits per heavy atom. The first-order chi connectivity index (χ1) is 8.74. The number of nitrogens with two attached hydrogens (primary N) is 1. The number of nitrogens with one attached hydrogen (secondary N) is 2. The highest BCUT2D eigenvalue weighted by Crippen LogP contribution is 2.24. The lowest BCUT2D eigenvalue weighted by atomic mass is 9.89. The van der Waals surface area contributed by atoms with Gasteiger partial charge in [0.15, 0.2) is 0 Å². The monoisotopic (exact) mass is 250 g/mol. The van der Waals surface area contributed by atoms with E-state index < -0.39 is 0 Å². The molecule has 1 aliphatic carbocycles. The molecule has 0 spiro atoms. The number of hydrogen-bond donors (Lipinski definition) is 3. The Morgan fingerprint density at radius 1 is 1.61 bits per heavy atom. The third kappa shape index (κ3) is 2.77. The van der Waals surface area contributed by atoms with E-state index in [1.54, 1.807) is 12.3 Å². The minimum atomic E-state index is -0.134.